The molecule has 1 aromatic rings. The number of anilines is 1. The van der Waals surface area contributed by atoms with Crippen molar-refractivity contribution >= 4 is 23.5 Å². The number of amides is 2. The Morgan fingerprint density at radius 3 is 1.93 bits per heavy atom. The van der Waals surface area contributed by atoms with Gasteiger partial charge in [-0.1, -0.05) is 79.8 Å². The van der Waals surface area contributed by atoms with Crippen LogP contribution in [-0.4, -0.2) is 47.8 Å². The van der Waals surface area contributed by atoms with Gasteiger partial charge in [0.2, 0.25) is 11.8 Å². The van der Waals surface area contributed by atoms with Crippen molar-refractivity contribution in [3.05, 3.63) is 96.7 Å². The molecule has 4 N–H and O–H groups in total. The zero-order valence-corrected chi connectivity index (χ0v) is 24.0. The molecule has 0 spiro atoms. The van der Waals surface area contributed by atoms with Crippen molar-refractivity contribution in [2.24, 2.45) is 0 Å². The fourth-order valence-electron chi connectivity index (χ4n) is 3.35. The number of nitrogens with one attached hydrogen (secondary N) is 2. The van der Waals surface area contributed by atoms with Crippen molar-refractivity contribution < 1.29 is 29.3 Å². The fourth-order valence-corrected chi connectivity index (χ4v) is 3.35. The summed E-state index contributed by atoms with van der Waals surface area (Å²) in [6.45, 7) is 2.31. The number of ether oxygens (including phenoxy) is 1. The maximum atomic E-state index is 11.9. The normalized spacial score (nSPS) is 12.1. The van der Waals surface area contributed by atoms with E-state index < -0.39 is 11.9 Å². The van der Waals surface area contributed by atoms with E-state index in [9.17, 15) is 19.5 Å². The molecule has 0 aromatic heterocycles. The van der Waals surface area contributed by atoms with Crippen molar-refractivity contribution in [1.29, 1.82) is 0 Å². The Hall–Kier alpha value is -4.17. The molecule has 0 saturated heterocycles. The van der Waals surface area contributed by atoms with Crippen LogP contribution in [0.5, 0.6) is 5.75 Å². The molecule has 0 bridgehead atoms. The van der Waals surface area contributed by atoms with Gasteiger partial charge in [0.25, 0.3) is 0 Å². The summed E-state index contributed by atoms with van der Waals surface area (Å²) in [6, 6.07) is 3.73. The second-order valence-corrected chi connectivity index (χ2v) is 8.95. The van der Waals surface area contributed by atoms with E-state index in [1.807, 2.05) is 12.2 Å². The van der Waals surface area contributed by atoms with Crippen LogP contribution >= 0.6 is 0 Å². The summed E-state index contributed by atoms with van der Waals surface area (Å²) in [5, 5.41) is 23.7. The number of carboxylic acid groups (broad SMARTS) is 1. The van der Waals surface area contributed by atoms with Crippen LogP contribution in [0.15, 0.2) is 91.1 Å². The molecule has 222 valence electrons. The quantitative estimate of drug-likeness (QED) is 0.0754. The molecule has 0 unspecified atom stereocenters. The molecule has 41 heavy (non-hydrogen) atoms. The predicted octanol–water partition coefficient (Wildman–Crippen LogP) is 6.64. The monoisotopic (exact) mass is 564 g/mol. The first-order chi connectivity index (χ1) is 19.9. The average molecular weight is 565 g/mol. The van der Waals surface area contributed by atoms with Crippen LogP contribution < -0.4 is 10.6 Å². The topological polar surface area (TPSA) is 125 Å². The van der Waals surface area contributed by atoms with Gasteiger partial charge in [0.1, 0.15) is 17.9 Å². The number of unbranched alkanes of at least 4 members (excludes halogenated alkanes) is 1. The summed E-state index contributed by atoms with van der Waals surface area (Å²) in [4.78, 5) is 34.8. The molecular weight excluding hydrogens is 520 g/mol. The summed E-state index contributed by atoms with van der Waals surface area (Å²) in [5.74, 6) is -2.29. The highest BCUT2D eigenvalue weighted by Crippen LogP contribution is 2.21. The number of carbonyl (C=O) groups is 3. The summed E-state index contributed by atoms with van der Waals surface area (Å²) < 4.78 is 5.23. The van der Waals surface area contributed by atoms with Crippen molar-refractivity contribution in [3.63, 3.8) is 0 Å². The molecular formula is C33H44N2O6. The molecule has 0 aliphatic heterocycles. The van der Waals surface area contributed by atoms with E-state index in [0.29, 0.717) is 0 Å². The molecule has 0 aliphatic carbocycles. The number of aromatic hydroxyl groups is 1. The maximum Gasteiger partial charge on any atom is 0.339 e. The second kappa shape index (κ2) is 23.7. The van der Waals surface area contributed by atoms with Gasteiger partial charge in [0, 0.05) is 18.7 Å². The van der Waals surface area contributed by atoms with Crippen LogP contribution in [0.1, 0.15) is 68.6 Å². The second-order valence-electron chi connectivity index (χ2n) is 8.95. The van der Waals surface area contributed by atoms with Gasteiger partial charge >= 0.3 is 5.97 Å². The van der Waals surface area contributed by atoms with Crippen LogP contribution in [0.25, 0.3) is 0 Å². The smallest absolute Gasteiger partial charge is 0.339 e. The van der Waals surface area contributed by atoms with Crippen LogP contribution in [0.4, 0.5) is 5.69 Å². The van der Waals surface area contributed by atoms with Gasteiger partial charge < -0.3 is 25.6 Å². The van der Waals surface area contributed by atoms with Gasteiger partial charge in [-0.2, -0.15) is 0 Å². The van der Waals surface area contributed by atoms with E-state index in [0.717, 1.165) is 51.0 Å². The number of phenols is 1. The molecule has 0 fully saturated rings. The molecule has 0 heterocycles. The number of hydrogen-bond donors (Lipinski definition) is 4. The van der Waals surface area contributed by atoms with Crippen LogP contribution in [0.2, 0.25) is 0 Å². The number of allylic oxidation sites excluding steroid dienone is 11. The lowest BCUT2D eigenvalue weighted by atomic mass is 10.2. The van der Waals surface area contributed by atoms with Gasteiger partial charge in [-0.05, 0) is 63.1 Å². The van der Waals surface area contributed by atoms with Gasteiger partial charge in [-0.25, -0.2) is 4.79 Å². The Bertz CT molecular complexity index is 1100. The van der Waals surface area contributed by atoms with Crippen LogP contribution in [0, 0.1) is 0 Å². The van der Waals surface area contributed by atoms with E-state index in [2.05, 4.69) is 78.3 Å². The minimum absolute atomic E-state index is 0.130. The first-order valence-electron chi connectivity index (χ1n) is 14.0. The standard InChI is InChI=1S/C33H44N2O6/c1-2-3-4-5-6-7-8-9-10-11-12-13-14-15-16-17-18-19-20-21-31(37)34-24-25-41-27-32(38)35-28-22-23-30(36)29(26-28)33(39)40/h3-4,6-7,9-10,12-13,15-16,19-20,22-23,26,36H,2,5,8,11,14,17-18,21,24-25,27H2,1H3,(H,34,37)(H,35,38)(H,39,40)/b4-3-,7-6-,10-9-,13-12-,16-15-,20-19-. The molecule has 0 radical (unpaired) electrons. The van der Waals surface area contributed by atoms with E-state index in [4.69, 9.17) is 9.84 Å². The minimum atomic E-state index is -1.30. The third-order valence-corrected chi connectivity index (χ3v) is 5.44. The first kappa shape index (κ1) is 34.9. The van der Waals surface area contributed by atoms with Gasteiger partial charge in [-0.15, -0.1) is 0 Å². The maximum absolute atomic E-state index is 11.9. The van der Waals surface area contributed by atoms with E-state index in [-0.39, 0.29) is 49.1 Å². The number of carbonyl (C=O) groups excluding carboxylic acids is 2. The van der Waals surface area contributed by atoms with Crippen molar-refractivity contribution in [2.75, 3.05) is 25.1 Å². The van der Waals surface area contributed by atoms with Gasteiger partial charge in [0.15, 0.2) is 0 Å². The minimum Gasteiger partial charge on any atom is -0.507 e. The number of benzene rings is 1. The van der Waals surface area contributed by atoms with Crippen molar-refractivity contribution in [2.45, 2.75) is 58.3 Å². The Morgan fingerprint density at radius 1 is 0.780 bits per heavy atom. The molecule has 1 rings (SSSR count). The molecule has 8 heteroatoms. The molecule has 0 atom stereocenters. The molecule has 8 nitrogen and oxygen atoms in total. The summed E-state index contributed by atoms with van der Waals surface area (Å²) in [5.41, 5.74) is -0.0788. The third-order valence-electron chi connectivity index (χ3n) is 5.44. The Morgan fingerprint density at radius 2 is 1.34 bits per heavy atom. The number of rotatable bonds is 21. The summed E-state index contributed by atoms with van der Waals surface area (Å²) in [7, 11) is 0. The van der Waals surface area contributed by atoms with E-state index in [1.54, 1.807) is 0 Å². The van der Waals surface area contributed by atoms with Crippen LogP contribution in [0.3, 0.4) is 0 Å². The van der Waals surface area contributed by atoms with E-state index >= 15 is 0 Å². The van der Waals surface area contributed by atoms with Crippen molar-refractivity contribution in [3.8, 4) is 5.75 Å². The number of aromatic carboxylic acids is 1. The number of hydrogen-bond acceptors (Lipinski definition) is 5. The van der Waals surface area contributed by atoms with Crippen molar-refractivity contribution in [1.82, 2.24) is 5.32 Å². The first-order valence-corrected chi connectivity index (χ1v) is 14.0. The highest BCUT2D eigenvalue weighted by Gasteiger charge is 2.11. The Balaban J connectivity index is 2.02. The average Bonchev–Trinajstić information content (AvgIpc) is 2.95. The van der Waals surface area contributed by atoms with E-state index in [1.165, 1.54) is 12.1 Å². The highest BCUT2D eigenvalue weighted by atomic mass is 16.5. The largest absolute Gasteiger partial charge is 0.507 e. The third kappa shape index (κ3) is 19.5. The SMILES string of the molecule is CC/C=C\C/C=C\C/C=C\C/C=C\C/C=C\CC/C=C\CC(=O)NCCOCC(=O)Nc1ccc(O)c(C(=O)O)c1. The lowest BCUT2D eigenvalue weighted by Gasteiger charge is -2.08. The summed E-state index contributed by atoms with van der Waals surface area (Å²) >= 11 is 0. The predicted molar refractivity (Wildman–Crippen MR) is 165 cm³/mol. The lowest BCUT2D eigenvalue weighted by Crippen LogP contribution is -2.28. The Kier molecular flexibility index (Phi) is 20.1. The summed E-state index contributed by atoms with van der Waals surface area (Å²) in [6.07, 6.45) is 32.5. The zero-order valence-electron chi connectivity index (χ0n) is 24.0. The highest BCUT2D eigenvalue weighted by molar-refractivity contribution is 5.96. The fraction of sp³-hybridized carbons (Fsp3) is 0.364. The van der Waals surface area contributed by atoms with Gasteiger partial charge in [0.05, 0.1) is 6.61 Å². The molecule has 1 aromatic carbocycles. The lowest BCUT2D eigenvalue weighted by molar-refractivity contribution is -0.121. The molecule has 2 amide bonds. The van der Waals surface area contributed by atoms with Crippen LogP contribution in [-0.2, 0) is 14.3 Å². The zero-order chi connectivity index (χ0) is 30.0. The number of carboxylic acids is 1. The Labute approximate surface area is 243 Å². The molecule has 0 saturated carbocycles. The molecule has 0 aliphatic rings. The van der Waals surface area contributed by atoms with Gasteiger partial charge in [-0.3, -0.25) is 9.59 Å².